The zero-order valence-corrected chi connectivity index (χ0v) is 12.7. The van der Waals surface area contributed by atoms with Gasteiger partial charge >= 0.3 is 23.5 Å². The first-order chi connectivity index (χ1) is 7.91. The van der Waals surface area contributed by atoms with Crippen molar-refractivity contribution in [3.8, 4) is 0 Å². The lowest BCUT2D eigenvalue weighted by atomic mass is 10.4. The summed E-state index contributed by atoms with van der Waals surface area (Å²) in [5.74, 6) is 0. The van der Waals surface area contributed by atoms with Crippen molar-refractivity contribution in [2.75, 3.05) is 0 Å². The third-order valence-corrected chi connectivity index (χ3v) is 0.500. The van der Waals surface area contributed by atoms with E-state index < -0.39 is 23.5 Å². The normalized spacial score (nSPS) is 10.9. The standard InChI is InChI=1S/C4H10.3H3O4P/c1-3-4-2;3*1-5(2,3)4/h3-4H2,1-2H3;3*(H3,1,2,3,4). The van der Waals surface area contributed by atoms with E-state index in [0.717, 1.165) is 0 Å². The van der Waals surface area contributed by atoms with E-state index in [1.165, 1.54) is 12.8 Å². The molecule has 0 aliphatic carbocycles. The van der Waals surface area contributed by atoms with E-state index in [-0.39, 0.29) is 0 Å². The first-order valence-electron chi connectivity index (χ1n) is 4.26. The lowest BCUT2D eigenvalue weighted by Gasteiger charge is -1.82. The van der Waals surface area contributed by atoms with Gasteiger partial charge in [-0.05, 0) is 0 Å². The molecular formula is C4H19O12P3. The van der Waals surface area contributed by atoms with E-state index in [4.69, 9.17) is 57.7 Å². The van der Waals surface area contributed by atoms with E-state index in [1.807, 2.05) is 0 Å². The number of rotatable bonds is 1. The van der Waals surface area contributed by atoms with Gasteiger partial charge in [0.1, 0.15) is 0 Å². The molecule has 12 nitrogen and oxygen atoms in total. The quantitative estimate of drug-likeness (QED) is 0.259. The molecule has 0 unspecified atom stereocenters. The fraction of sp³-hybridized carbons (Fsp3) is 1.00. The monoisotopic (exact) mass is 352 g/mol. The second-order valence-corrected chi connectivity index (χ2v) is 5.62. The zero-order chi connectivity index (χ0) is 16.9. The summed E-state index contributed by atoms with van der Waals surface area (Å²) in [5, 5.41) is 0. The summed E-state index contributed by atoms with van der Waals surface area (Å²) in [6, 6.07) is 0. The molecule has 9 N–H and O–H groups in total. The summed E-state index contributed by atoms with van der Waals surface area (Å²) in [6.45, 7) is 4.36. The molecular weight excluding hydrogens is 333 g/mol. The van der Waals surface area contributed by atoms with Gasteiger partial charge in [-0.25, -0.2) is 13.7 Å². The minimum Gasteiger partial charge on any atom is -0.303 e. The van der Waals surface area contributed by atoms with Crippen LogP contribution in [0.5, 0.6) is 0 Å². The molecule has 0 bridgehead atoms. The van der Waals surface area contributed by atoms with Gasteiger partial charge in [-0.3, -0.25) is 0 Å². The maximum Gasteiger partial charge on any atom is 0.466 e. The van der Waals surface area contributed by atoms with Crippen LogP contribution in [0.4, 0.5) is 0 Å². The second kappa shape index (κ2) is 13.3. The molecule has 0 amide bonds. The van der Waals surface area contributed by atoms with Gasteiger partial charge in [-0.2, -0.15) is 0 Å². The Labute approximate surface area is 109 Å². The molecule has 0 fully saturated rings. The molecule has 0 radical (unpaired) electrons. The number of unbranched alkanes of at least 4 members (excludes halogenated alkanes) is 1. The second-order valence-electron chi connectivity index (χ2n) is 2.54. The molecule has 0 aromatic rings. The average molecular weight is 352 g/mol. The molecule has 0 rings (SSSR count). The van der Waals surface area contributed by atoms with E-state index >= 15 is 0 Å². The molecule has 0 aromatic heterocycles. The van der Waals surface area contributed by atoms with Crippen molar-refractivity contribution >= 4 is 23.5 Å². The van der Waals surface area contributed by atoms with Gasteiger partial charge in [0, 0.05) is 0 Å². The van der Waals surface area contributed by atoms with Crippen molar-refractivity contribution in [3.63, 3.8) is 0 Å². The Bertz CT molecular complexity index is 235. The first kappa shape index (κ1) is 27.6. The van der Waals surface area contributed by atoms with E-state index in [2.05, 4.69) is 13.8 Å². The third-order valence-electron chi connectivity index (χ3n) is 0.500. The minimum absolute atomic E-state index is 1.32. The molecule has 0 heterocycles. The Balaban J connectivity index is -0.0000000793. The summed E-state index contributed by atoms with van der Waals surface area (Å²) in [7, 11) is -13.9. The van der Waals surface area contributed by atoms with Crippen LogP contribution in [0.2, 0.25) is 0 Å². The highest BCUT2D eigenvalue weighted by Crippen LogP contribution is 2.26. The lowest BCUT2D eigenvalue weighted by Crippen LogP contribution is -1.66. The SMILES string of the molecule is CCCC.O=P(O)(O)O.O=P(O)(O)O.O=P(O)(O)O. The van der Waals surface area contributed by atoms with Crippen LogP contribution in [0.3, 0.4) is 0 Å². The summed E-state index contributed by atoms with van der Waals surface area (Å²) >= 11 is 0. The molecule has 0 saturated carbocycles. The van der Waals surface area contributed by atoms with Crippen molar-refractivity contribution in [1.29, 1.82) is 0 Å². The Morgan fingerprint density at radius 3 is 0.579 bits per heavy atom. The van der Waals surface area contributed by atoms with Crippen LogP contribution in [0.1, 0.15) is 26.7 Å². The van der Waals surface area contributed by atoms with Crippen molar-refractivity contribution in [3.05, 3.63) is 0 Å². The van der Waals surface area contributed by atoms with Gasteiger partial charge in [0.2, 0.25) is 0 Å². The molecule has 19 heavy (non-hydrogen) atoms. The van der Waals surface area contributed by atoms with Gasteiger partial charge in [-0.15, -0.1) is 0 Å². The summed E-state index contributed by atoms with van der Waals surface area (Å²) < 4.78 is 26.6. The van der Waals surface area contributed by atoms with E-state index in [9.17, 15) is 0 Å². The minimum atomic E-state index is -4.64. The summed E-state index contributed by atoms with van der Waals surface area (Å²) in [4.78, 5) is 64.7. The molecule has 0 atom stereocenters. The number of hydrogen-bond acceptors (Lipinski definition) is 3. The van der Waals surface area contributed by atoms with Crippen molar-refractivity contribution in [2.45, 2.75) is 26.7 Å². The predicted octanol–water partition coefficient (Wildman–Crippen LogP) is -0.979. The van der Waals surface area contributed by atoms with E-state index in [1.54, 1.807) is 0 Å². The van der Waals surface area contributed by atoms with E-state index in [0.29, 0.717) is 0 Å². The molecule has 0 aliphatic heterocycles. The molecule has 0 aromatic carbocycles. The maximum absolute atomic E-state index is 8.88. The molecule has 0 aliphatic rings. The summed E-state index contributed by atoms with van der Waals surface area (Å²) in [6.07, 6.45) is 2.64. The highest BCUT2D eigenvalue weighted by atomic mass is 31.2. The fourth-order valence-corrected chi connectivity index (χ4v) is 0. The highest BCUT2D eigenvalue weighted by molar-refractivity contribution is 7.45. The Hall–Kier alpha value is 0.330. The van der Waals surface area contributed by atoms with Crippen LogP contribution >= 0.6 is 23.5 Å². The molecule has 0 saturated heterocycles. The first-order valence-corrected chi connectivity index (χ1v) is 8.96. The smallest absolute Gasteiger partial charge is 0.303 e. The van der Waals surface area contributed by atoms with Crippen LogP contribution in [0.15, 0.2) is 0 Å². The number of hydrogen-bond donors (Lipinski definition) is 9. The van der Waals surface area contributed by atoms with Crippen molar-refractivity contribution < 1.29 is 57.7 Å². The van der Waals surface area contributed by atoms with Crippen molar-refractivity contribution in [2.24, 2.45) is 0 Å². The molecule has 15 heteroatoms. The van der Waals surface area contributed by atoms with Crippen molar-refractivity contribution in [1.82, 2.24) is 0 Å². The largest absolute Gasteiger partial charge is 0.466 e. The van der Waals surface area contributed by atoms with Crippen LogP contribution in [-0.2, 0) is 13.7 Å². The predicted molar refractivity (Wildman–Crippen MR) is 63.4 cm³/mol. The Morgan fingerprint density at radius 2 is 0.579 bits per heavy atom. The topological polar surface area (TPSA) is 233 Å². The average Bonchev–Trinajstić information content (AvgIpc) is 1.93. The van der Waals surface area contributed by atoms with Crippen LogP contribution in [0, 0.1) is 0 Å². The molecule has 122 valence electrons. The van der Waals surface area contributed by atoms with Gasteiger partial charge in [0.05, 0.1) is 0 Å². The zero-order valence-electron chi connectivity index (χ0n) is 10.0. The Kier molecular flexibility index (Phi) is 19.4. The summed E-state index contributed by atoms with van der Waals surface area (Å²) in [5.41, 5.74) is 0. The maximum atomic E-state index is 8.88. The third kappa shape index (κ3) is 2760. The van der Waals surface area contributed by atoms with Gasteiger partial charge in [0.15, 0.2) is 0 Å². The Morgan fingerprint density at radius 1 is 0.526 bits per heavy atom. The van der Waals surface area contributed by atoms with Crippen LogP contribution < -0.4 is 0 Å². The highest BCUT2D eigenvalue weighted by Gasteiger charge is 2.01. The van der Waals surface area contributed by atoms with Gasteiger partial charge in [-0.1, -0.05) is 26.7 Å². The lowest BCUT2D eigenvalue weighted by molar-refractivity contribution is 0.272. The van der Waals surface area contributed by atoms with Gasteiger partial charge < -0.3 is 44.0 Å². The van der Waals surface area contributed by atoms with Crippen LogP contribution in [-0.4, -0.2) is 44.0 Å². The van der Waals surface area contributed by atoms with Crippen LogP contribution in [0.25, 0.3) is 0 Å². The fourth-order valence-electron chi connectivity index (χ4n) is 0. The molecule has 0 spiro atoms. The number of phosphoric acid groups is 3. The van der Waals surface area contributed by atoms with Gasteiger partial charge in [0.25, 0.3) is 0 Å².